The molecule has 1 N–H and O–H groups in total. The second kappa shape index (κ2) is 9.89. The second-order valence-electron chi connectivity index (χ2n) is 8.13. The van der Waals surface area contributed by atoms with Crippen molar-refractivity contribution < 1.29 is 14.6 Å². The van der Waals surface area contributed by atoms with Gasteiger partial charge in [-0.2, -0.15) is 0 Å². The molecule has 0 aliphatic heterocycles. The highest BCUT2D eigenvalue weighted by Gasteiger charge is 2.22. The number of hydrogen-bond donors (Lipinski definition) is 1. The van der Waals surface area contributed by atoms with Crippen LogP contribution in [0.25, 0.3) is 10.8 Å². The Hall–Kier alpha value is -1.87. The highest BCUT2D eigenvalue weighted by Crippen LogP contribution is 2.38. The first-order valence-electron chi connectivity index (χ1n) is 10.4. The van der Waals surface area contributed by atoms with E-state index in [-0.39, 0.29) is 19.1 Å². The average molecular weight is 369 g/mol. The Morgan fingerprint density at radius 3 is 2.56 bits per heavy atom. The van der Waals surface area contributed by atoms with E-state index in [9.17, 15) is 9.90 Å². The molecule has 1 fully saturated rings. The first-order chi connectivity index (χ1) is 13.2. The lowest BCUT2D eigenvalue weighted by Crippen LogP contribution is -2.16. The van der Waals surface area contributed by atoms with Crippen molar-refractivity contribution in [1.29, 1.82) is 0 Å². The Bertz CT molecular complexity index is 731. The Morgan fingerprint density at radius 2 is 1.85 bits per heavy atom. The molecule has 2 aromatic carbocycles. The number of benzene rings is 2. The van der Waals surface area contributed by atoms with Crippen LogP contribution in [-0.4, -0.2) is 24.8 Å². The molecule has 0 spiro atoms. The van der Waals surface area contributed by atoms with E-state index in [4.69, 9.17) is 4.74 Å². The zero-order valence-electron chi connectivity index (χ0n) is 16.4. The van der Waals surface area contributed by atoms with E-state index in [2.05, 4.69) is 43.3 Å². The number of aliphatic hydroxyl groups is 1. The fourth-order valence-corrected chi connectivity index (χ4v) is 4.57. The van der Waals surface area contributed by atoms with Crippen molar-refractivity contribution in [2.45, 2.75) is 57.8 Å². The van der Waals surface area contributed by atoms with Gasteiger partial charge < -0.3 is 9.84 Å². The molecule has 1 atom stereocenters. The number of fused-ring (bicyclic) bond motifs is 1. The molecule has 3 nitrogen and oxygen atoms in total. The summed E-state index contributed by atoms with van der Waals surface area (Å²) in [6, 6.07) is 13.4. The summed E-state index contributed by atoms with van der Waals surface area (Å²) in [5.74, 6) is 1.60. The van der Waals surface area contributed by atoms with Crippen molar-refractivity contribution in [3.8, 4) is 0 Å². The van der Waals surface area contributed by atoms with E-state index in [1.54, 1.807) is 0 Å². The summed E-state index contributed by atoms with van der Waals surface area (Å²) >= 11 is 0. The van der Waals surface area contributed by atoms with E-state index in [1.807, 2.05) is 0 Å². The second-order valence-corrected chi connectivity index (χ2v) is 8.13. The predicted molar refractivity (Wildman–Crippen MR) is 110 cm³/mol. The summed E-state index contributed by atoms with van der Waals surface area (Å²) < 4.78 is 4.81. The van der Waals surface area contributed by atoms with Crippen LogP contribution in [0.5, 0.6) is 0 Å². The number of carbonyl (C=O) groups excluding carboxylic acids is 1. The Balaban J connectivity index is 1.67. The maximum atomic E-state index is 10.4. The molecule has 27 heavy (non-hydrogen) atoms. The molecule has 1 saturated carbocycles. The molecule has 0 bridgehead atoms. The predicted octanol–water partition coefficient (Wildman–Crippen LogP) is 5.24. The molecule has 1 aliphatic rings. The molecule has 0 aromatic heterocycles. The lowest BCUT2D eigenvalue weighted by atomic mass is 9.77. The summed E-state index contributed by atoms with van der Waals surface area (Å²) in [6.07, 6.45) is 8.81. The van der Waals surface area contributed by atoms with Gasteiger partial charge in [0.15, 0.2) is 0 Å². The minimum absolute atomic E-state index is 0.0194. The zero-order valence-corrected chi connectivity index (χ0v) is 16.4. The summed E-state index contributed by atoms with van der Waals surface area (Å²) in [4.78, 5) is 10.4. The fourth-order valence-electron chi connectivity index (χ4n) is 4.57. The lowest BCUT2D eigenvalue weighted by Gasteiger charge is -2.28. The van der Waals surface area contributed by atoms with E-state index >= 15 is 0 Å². The maximum Gasteiger partial charge on any atom is 0.293 e. The van der Waals surface area contributed by atoms with Crippen LogP contribution in [-0.2, 0) is 16.0 Å². The van der Waals surface area contributed by atoms with Crippen molar-refractivity contribution >= 4 is 17.2 Å². The SMILES string of the molecule is CCCC1CCC(c2ccc3cc(CC(CO)COC=O)ccc3c2)CC1. The Morgan fingerprint density at radius 1 is 1.11 bits per heavy atom. The molecule has 1 aliphatic carbocycles. The quantitative estimate of drug-likeness (QED) is 0.616. The molecular formula is C24H32O3. The van der Waals surface area contributed by atoms with Gasteiger partial charge >= 0.3 is 0 Å². The highest BCUT2D eigenvalue weighted by atomic mass is 16.5. The van der Waals surface area contributed by atoms with Crippen LogP contribution in [0.4, 0.5) is 0 Å². The van der Waals surface area contributed by atoms with Crippen LogP contribution in [0.15, 0.2) is 36.4 Å². The molecule has 2 aromatic rings. The van der Waals surface area contributed by atoms with E-state index < -0.39 is 0 Å². The van der Waals surface area contributed by atoms with E-state index in [1.165, 1.54) is 60.4 Å². The highest BCUT2D eigenvalue weighted by molar-refractivity contribution is 5.84. The van der Waals surface area contributed by atoms with Gasteiger partial charge in [0.2, 0.25) is 0 Å². The van der Waals surface area contributed by atoms with Crippen LogP contribution in [0.3, 0.4) is 0 Å². The standard InChI is InChI=1S/C24H32O3/c1-2-3-18-4-7-21(8-5-18)23-11-10-22-13-19(6-9-24(22)14-23)12-20(15-25)16-27-17-26/h6,9-11,13-14,17-18,20-21,25H,2-5,7-8,12,15-16H2,1H3. The first kappa shape index (κ1) is 19.9. The van der Waals surface area contributed by atoms with Crippen LogP contribution in [0.1, 0.15) is 62.5 Å². The third kappa shape index (κ3) is 5.32. The smallest absolute Gasteiger partial charge is 0.293 e. The summed E-state index contributed by atoms with van der Waals surface area (Å²) in [5.41, 5.74) is 2.65. The van der Waals surface area contributed by atoms with Crippen molar-refractivity contribution in [2.24, 2.45) is 11.8 Å². The molecule has 0 amide bonds. The van der Waals surface area contributed by atoms with Crippen LogP contribution in [0.2, 0.25) is 0 Å². The largest absolute Gasteiger partial charge is 0.468 e. The molecule has 0 saturated heterocycles. The van der Waals surface area contributed by atoms with E-state index in [0.717, 1.165) is 5.92 Å². The first-order valence-corrected chi connectivity index (χ1v) is 10.4. The topological polar surface area (TPSA) is 46.5 Å². The molecule has 3 heteroatoms. The van der Waals surface area contributed by atoms with Gasteiger partial charge in [-0.3, -0.25) is 4.79 Å². The van der Waals surface area contributed by atoms with Gasteiger partial charge in [0.05, 0.1) is 6.61 Å². The third-order valence-corrected chi connectivity index (χ3v) is 6.13. The molecule has 3 rings (SSSR count). The number of carbonyl (C=O) groups is 1. The van der Waals surface area contributed by atoms with Crippen molar-refractivity contribution in [1.82, 2.24) is 0 Å². The Kier molecular flexibility index (Phi) is 7.28. The van der Waals surface area contributed by atoms with Crippen LogP contribution in [0, 0.1) is 11.8 Å². The maximum absolute atomic E-state index is 10.4. The summed E-state index contributed by atoms with van der Waals surface area (Å²) in [7, 11) is 0. The molecule has 0 radical (unpaired) electrons. The zero-order chi connectivity index (χ0) is 19.1. The monoisotopic (exact) mass is 368 g/mol. The molecule has 1 unspecified atom stereocenters. The van der Waals surface area contributed by atoms with Gasteiger partial charge in [-0.15, -0.1) is 0 Å². The van der Waals surface area contributed by atoms with Crippen LogP contribution < -0.4 is 0 Å². The molecule has 146 valence electrons. The number of rotatable bonds is 9. The summed E-state index contributed by atoms with van der Waals surface area (Å²) in [6.45, 7) is 3.02. The van der Waals surface area contributed by atoms with Crippen molar-refractivity contribution in [3.05, 3.63) is 47.5 Å². The van der Waals surface area contributed by atoms with E-state index in [0.29, 0.717) is 18.8 Å². The lowest BCUT2D eigenvalue weighted by molar-refractivity contribution is -0.130. The number of aliphatic hydroxyl groups excluding tert-OH is 1. The minimum Gasteiger partial charge on any atom is -0.468 e. The average Bonchev–Trinajstić information content (AvgIpc) is 2.71. The molecule has 0 heterocycles. The van der Waals surface area contributed by atoms with Crippen molar-refractivity contribution in [2.75, 3.05) is 13.2 Å². The van der Waals surface area contributed by atoms with Gasteiger partial charge in [-0.25, -0.2) is 0 Å². The third-order valence-electron chi connectivity index (χ3n) is 6.13. The van der Waals surface area contributed by atoms with Gasteiger partial charge in [0, 0.05) is 12.5 Å². The minimum atomic E-state index is -0.0507. The fraction of sp³-hybridized carbons (Fsp3) is 0.542. The number of ether oxygens (including phenoxy) is 1. The van der Waals surface area contributed by atoms with Crippen molar-refractivity contribution in [3.63, 3.8) is 0 Å². The normalized spacial score (nSPS) is 21.1. The number of hydrogen-bond acceptors (Lipinski definition) is 3. The van der Waals surface area contributed by atoms with Gasteiger partial charge in [0.1, 0.15) is 0 Å². The van der Waals surface area contributed by atoms with Gasteiger partial charge in [-0.1, -0.05) is 56.2 Å². The van der Waals surface area contributed by atoms with Crippen LogP contribution >= 0.6 is 0 Å². The summed E-state index contributed by atoms with van der Waals surface area (Å²) in [5, 5.41) is 12.0. The molecular weight excluding hydrogens is 336 g/mol. The van der Waals surface area contributed by atoms with Gasteiger partial charge in [0.25, 0.3) is 6.47 Å². The van der Waals surface area contributed by atoms with Gasteiger partial charge in [-0.05, 0) is 65.8 Å². The Labute approximate surface area is 162 Å².